The summed E-state index contributed by atoms with van der Waals surface area (Å²) in [6, 6.07) is 5.36. The van der Waals surface area contributed by atoms with E-state index in [9.17, 15) is 4.39 Å². The maximum absolute atomic E-state index is 14.2. The summed E-state index contributed by atoms with van der Waals surface area (Å²) in [7, 11) is 1.91. The van der Waals surface area contributed by atoms with Crippen molar-refractivity contribution in [2.24, 2.45) is 7.05 Å². The molecule has 1 heterocycles. The van der Waals surface area contributed by atoms with Crippen LogP contribution in [-0.2, 0) is 7.05 Å². The number of nitrogens with zero attached hydrogens (tertiary/aromatic N) is 2. The van der Waals surface area contributed by atoms with E-state index >= 15 is 0 Å². The lowest BCUT2D eigenvalue weighted by Gasteiger charge is -2.17. The monoisotopic (exact) mass is 293 g/mol. The zero-order valence-corrected chi connectivity index (χ0v) is 12.9. The summed E-state index contributed by atoms with van der Waals surface area (Å²) in [5, 5.41) is 4.19. The molecule has 3 nitrogen and oxygen atoms in total. The Labute approximate surface area is 123 Å². The van der Waals surface area contributed by atoms with Crippen molar-refractivity contribution in [1.82, 2.24) is 14.9 Å². The molecule has 0 amide bonds. The van der Waals surface area contributed by atoms with Crippen LogP contribution in [-0.4, -0.2) is 16.1 Å². The van der Waals surface area contributed by atoms with Crippen LogP contribution in [0, 0.1) is 5.82 Å². The van der Waals surface area contributed by atoms with Crippen LogP contribution in [0.25, 0.3) is 0 Å². The minimum atomic E-state index is -0.194. The third kappa shape index (κ3) is 3.41. The molecule has 1 aromatic carbocycles. The Hall–Kier alpha value is -1.33. The molecule has 0 saturated carbocycles. The molecule has 0 saturated heterocycles. The maximum atomic E-state index is 14.2. The highest BCUT2D eigenvalue weighted by Gasteiger charge is 2.16. The minimum absolute atomic E-state index is 0.119. The highest BCUT2D eigenvalue weighted by Crippen LogP contribution is 2.34. The number of benzene rings is 1. The van der Waals surface area contributed by atoms with Gasteiger partial charge in [-0.2, -0.15) is 0 Å². The Morgan fingerprint density at radius 1 is 1.45 bits per heavy atom. The quantitative estimate of drug-likeness (QED) is 0.879. The van der Waals surface area contributed by atoms with Gasteiger partial charge in [-0.05, 0) is 43.3 Å². The van der Waals surface area contributed by atoms with Crippen molar-refractivity contribution in [2.45, 2.75) is 36.4 Å². The average Bonchev–Trinajstić information content (AvgIpc) is 2.84. The smallest absolute Gasteiger partial charge is 0.172 e. The van der Waals surface area contributed by atoms with E-state index in [-0.39, 0.29) is 11.9 Å². The van der Waals surface area contributed by atoms with E-state index in [0.717, 1.165) is 23.7 Å². The summed E-state index contributed by atoms with van der Waals surface area (Å²) in [6.45, 7) is 5.10. The van der Waals surface area contributed by atoms with E-state index in [1.165, 1.54) is 17.8 Å². The first-order valence-electron chi connectivity index (χ1n) is 6.80. The van der Waals surface area contributed by atoms with Gasteiger partial charge in [0.2, 0.25) is 0 Å². The van der Waals surface area contributed by atoms with Crippen molar-refractivity contribution in [3.05, 3.63) is 42.0 Å². The van der Waals surface area contributed by atoms with E-state index < -0.39 is 0 Å². The van der Waals surface area contributed by atoms with Gasteiger partial charge in [-0.3, -0.25) is 0 Å². The number of hydrogen-bond donors (Lipinski definition) is 1. The molecule has 1 N–H and O–H groups in total. The third-order valence-corrected chi connectivity index (χ3v) is 4.35. The molecule has 0 spiro atoms. The second kappa shape index (κ2) is 6.90. The fourth-order valence-corrected chi connectivity index (χ4v) is 3.02. The number of hydrogen-bond acceptors (Lipinski definition) is 3. The molecule has 1 atom stereocenters. The first-order valence-corrected chi connectivity index (χ1v) is 7.62. The Kier molecular flexibility index (Phi) is 5.20. The lowest BCUT2D eigenvalue weighted by Crippen LogP contribution is -2.20. The fraction of sp³-hybridized carbons (Fsp3) is 0.400. The van der Waals surface area contributed by atoms with Crippen LogP contribution in [0.5, 0.6) is 0 Å². The fourth-order valence-electron chi connectivity index (χ4n) is 1.99. The van der Waals surface area contributed by atoms with Crippen LogP contribution >= 0.6 is 11.8 Å². The van der Waals surface area contributed by atoms with Gasteiger partial charge in [0.05, 0.1) is 4.90 Å². The number of imidazole rings is 1. The molecule has 0 fully saturated rings. The Morgan fingerprint density at radius 2 is 2.25 bits per heavy atom. The maximum Gasteiger partial charge on any atom is 0.172 e. The SMILES string of the molecule is CCCNC(C)c1cccc(F)c1Sc1nccn1C. The Balaban J connectivity index is 2.29. The topological polar surface area (TPSA) is 29.9 Å². The molecule has 0 radical (unpaired) electrons. The molecule has 0 bridgehead atoms. The predicted octanol–water partition coefficient (Wildman–Crippen LogP) is 3.77. The molecule has 1 unspecified atom stereocenters. The highest BCUT2D eigenvalue weighted by atomic mass is 32.2. The van der Waals surface area contributed by atoms with Crippen molar-refractivity contribution in [3.63, 3.8) is 0 Å². The van der Waals surface area contributed by atoms with Crippen molar-refractivity contribution in [3.8, 4) is 0 Å². The van der Waals surface area contributed by atoms with Crippen LogP contribution in [0.3, 0.4) is 0 Å². The molecule has 20 heavy (non-hydrogen) atoms. The number of aromatic nitrogens is 2. The van der Waals surface area contributed by atoms with Gasteiger partial charge in [-0.1, -0.05) is 19.1 Å². The van der Waals surface area contributed by atoms with Crippen molar-refractivity contribution in [1.29, 1.82) is 0 Å². The van der Waals surface area contributed by atoms with Gasteiger partial charge in [-0.25, -0.2) is 9.37 Å². The number of halogens is 1. The molecule has 1 aromatic heterocycles. The molecule has 108 valence electrons. The number of rotatable bonds is 6. The zero-order valence-electron chi connectivity index (χ0n) is 12.1. The van der Waals surface area contributed by atoms with Gasteiger partial charge in [0.15, 0.2) is 5.16 Å². The second-order valence-corrected chi connectivity index (χ2v) is 5.73. The normalized spacial score (nSPS) is 12.6. The molecule has 2 rings (SSSR count). The zero-order chi connectivity index (χ0) is 14.5. The lowest BCUT2D eigenvalue weighted by atomic mass is 10.1. The second-order valence-electron chi connectivity index (χ2n) is 4.76. The molecule has 2 aromatic rings. The van der Waals surface area contributed by atoms with Crippen LogP contribution in [0.15, 0.2) is 40.6 Å². The van der Waals surface area contributed by atoms with Crippen LogP contribution in [0.4, 0.5) is 4.39 Å². The number of aryl methyl sites for hydroxylation is 1. The van der Waals surface area contributed by atoms with Crippen molar-refractivity contribution < 1.29 is 4.39 Å². The molecule has 5 heteroatoms. The van der Waals surface area contributed by atoms with E-state index in [1.807, 2.05) is 23.9 Å². The number of nitrogens with one attached hydrogen (secondary N) is 1. The van der Waals surface area contributed by atoms with E-state index in [4.69, 9.17) is 0 Å². The van der Waals surface area contributed by atoms with Crippen molar-refractivity contribution >= 4 is 11.8 Å². The van der Waals surface area contributed by atoms with Gasteiger partial charge in [0.25, 0.3) is 0 Å². The largest absolute Gasteiger partial charge is 0.329 e. The summed E-state index contributed by atoms with van der Waals surface area (Å²) in [4.78, 5) is 4.90. The Morgan fingerprint density at radius 3 is 2.90 bits per heavy atom. The summed E-state index contributed by atoms with van der Waals surface area (Å²) in [5.74, 6) is -0.194. The minimum Gasteiger partial charge on any atom is -0.329 e. The van der Waals surface area contributed by atoms with Gasteiger partial charge in [-0.15, -0.1) is 0 Å². The standard InChI is InChI=1S/C15H20FN3S/c1-4-8-17-11(2)12-6-5-7-13(16)14(12)20-15-18-9-10-19(15)3/h5-7,9-11,17H,4,8H2,1-3H3. The van der Waals surface area contributed by atoms with E-state index in [1.54, 1.807) is 12.3 Å². The highest BCUT2D eigenvalue weighted by molar-refractivity contribution is 7.99. The van der Waals surface area contributed by atoms with Gasteiger partial charge in [0.1, 0.15) is 5.82 Å². The van der Waals surface area contributed by atoms with Gasteiger partial charge < -0.3 is 9.88 Å². The van der Waals surface area contributed by atoms with Gasteiger partial charge in [0, 0.05) is 25.5 Å². The Bertz CT molecular complexity index is 568. The van der Waals surface area contributed by atoms with Crippen molar-refractivity contribution in [2.75, 3.05) is 6.54 Å². The van der Waals surface area contributed by atoms with Crippen LogP contribution in [0.1, 0.15) is 31.9 Å². The van der Waals surface area contributed by atoms with E-state index in [2.05, 4.69) is 24.1 Å². The molecular weight excluding hydrogens is 273 g/mol. The summed E-state index contributed by atoms with van der Waals surface area (Å²) in [5.41, 5.74) is 0.978. The van der Waals surface area contributed by atoms with E-state index in [0.29, 0.717) is 4.90 Å². The molecule has 0 aliphatic rings. The van der Waals surface area contributed by atoms with Crippen LogP contribution in [0.2, 0.25) is 0 Å². The van der Waals surface area contributed by atoms with Gasteiger partial charge >= 0.3 is 0 Å². The summed E-state index contributed by atoms with van der Waals surface area (Å²) < 4.78 is 16.1. The lowest BCUT2D eigenvalue weighted by molar-refractivity contribution is 0.543. The molecule has 0 aliphatic carbocycles. The predicted molar refractivity (Wildman–Crippen MR) is 80.4 cm³/mol. The summed E-state index contributed by atoms with van der Waals surface area (Å²) >= 11 is 1.37. The third-order valence-electron chi connectivity index (χ3n) is 3.13. The average molecular weight is 293 g/mol. The summed E-state index contributed by atoms with van der Waals surface area (Å²) in [6.07, 6.45) is 4.64. The van der Waals surface area contributed by atoms with Crippen LogP contribution < -0.4 is 5.32 Å². The molecular formula is C15H20FN3S. The molecule has 0 aliphatic heterocycles. The first-order chi connectivity index (χ1) is 9.63. The first kappa shape index (κ1) is 15.1.